The normalized spacial score (nSPS) is 24.6. The number of carbonyl (C=O) groups excluding carboxylic acids is 1. The Balaban J connectivity index is 1.88. The molecule has 2 aliphatic rings. The van der Waals surface area contributed by atoms with Crippen LogP contribution in [0.25, 0.3) is 0 Å². The van der Waals surface area contributed by atoms with E-state index >= 15 is 0 Å². The fraction of sp³-hybridized carbons (Fsp3) is 0.562. The van der Waals surface area contributed by atoms with Crippen LogP contribution in [0.1, 0.15) is 31.5 Å². The molecule has 1 spiro atoms. The molecule has 1 aliphatic heterocycles. The molecule has 2 atom stereocenters. The van der Waals surface area contributed by atoms with E-state index in [4.69, 9.17) is 0 Å². The standard InChI is InChI=1S/C16H22N2OS2/c1-11(10-20-2)18-14(17-16(8-9-16)15(18)19)12-4-6-13(21-3)7-5-12/h4-7,11,14,17H,8-10H2,1-3H3. The number of thioether (sulfide) groups is 2. The summed E-state index contributed by atoms with van der Waals surface area (Å²) in [5.41, 5.74) is 0.938. The maximum Gasteiger partial charge on any atom is 0.244 e. The zero-order valence-electron chi connectivity index (χ0n) is 12.8. The Bertz CT molecular complexity index is 528. The number of nitrogens with zero attached hydrogens (tertiary/aromatic N) is 1. The van der Waals surface area contributed by atoms with E-state index in [0.29, 0.717) is 5.91 Å². The molecule has 1 N–H and O–H groups in total. The highest BCUT2D eigenvalue weighted by Gasteiger charge is 2.60. The predicted octanol–water partition coefficient (Wildman–Crippen LogP) is 3.12. The van der Waals surface area contributed by atoms with Crippen LogP contribution in [0.15, 0.2) is 29.2 Å². The van der Waals surface area contributed by atoms with E-state index in [9.17, 15) is 4.79 Å². The van der Waals surface area contributed by atoms with Gasteiger partial charge >= 0.3 is 0 Å². The zero-order chi connectivity index (χ0) is 15.0. The van der Waals surface area contributed by atoms with Gasteiger partial charge in [-0.2, -0.15) is 11.8 Å². The highest BCUT2D eigenvalue weighted by molar-refractivity contribution is 7.98. The number of hydrogen-bond donors (Lipinski definition) is 1. The second-order valence-electron chi connectivity index (χ2n) is 5.92. The molecule has 1 heterocycles. The van der Waals surface area contributed by atoms with Gasteiger partial charge in [-0.1, -0.05) is 12.1 Å². The summed E-state index contributed by atoms with van der Waals surface area (Å²) in [7, 11) is 0. The lowest BCUT2D eigenvalue weighted by Crippen LogP contribution is -2.40. The maximum atomic E-state index is 12.8. The smallest absolute Gasteiger partial charge is 0.244 e. The number of rotatable bonds is 5. The molecule has 1 aromatic carbocycles. The minimum Gasteiger partial charge on any atom is -0.318 e. The number of nitrogens with one attached hydrogen (secondary N) is 1. The van der Waals surface area contributed by atoms with E-state index in [-0.39, 0.29) is 17.7 Å². The van der Waals surface area contributed by atoms with Crippen molar-refractivity contribution in [2.75, 3.05) is 18.3 Å². The van der Waals surface area contributed by atoms with Gasteiger partial charge in [0.15, 0.2) is 0 Å². The van der Waals surface area contributed by atoms with Gasteiger partial charge < -0.3 is 4.90 Å². The van der Waals surface area contributed by atoms with Crippen LogP contribution in [0.4, 0.5) is 0 Å². The molecule has 0 aromatic heterocycles. The Hall–Kier alpha value is -0.650. The fourth-order valence-electron chi connectivity index (χ4n) is 3.05. The molecule has 1 aliphatic carbocycles. The van der Waals surface area contributed by atoms with E-state index in [1.807, 2.05) is 0 Å². The van der Waals surface area contributed by atoms with Crippen LogP contribution in [-0.4, -0.2) is 40.7 Å². The summed E-state index contributed by atoms with van der Waals surface area (Å²) in [4.78, 5) is 16.1. The molecule has 3 nitrogen and oxygen atoms in total. The Labute approximate surface area is 135 Å². The highest BCUT2D eigenvalue weighted by Crippen LogP contribution is 2.46. The lowest BCUT2D eigenvalue weighted by molar-refractivity contribution is -0.132. The van der Waals surface area contributed by atoms with Gasteiger partial charge in [-0.3, -0.25) is 10.1 Å². The van der Waals surface area contributed by atoms with E-state index in [2.05, 4.69) is 53.9 Å². The van der Waals surface area contributed by atoms with Crippen molar-refractivity contribution >= 4 is 29.4 Å². The minimum absolute atomic E-state index is 0.0260. The lowest BCUT2D eigenvalue weighted by atomic mass is 10.1. The Morgan fingerprint density at radius 2 is 2.00 bits per heavy atom. The van der Waals surface area contributed by atoms with E-state index in [1.165, 1.54) is 10.5 Å². The molecule has 1 aromatic rings. The average molecular weight is 322 g/mol. The third-order valence-electron chi connectivity index (χ3n) is 4.40. The first-order valence-electron chi connectivity index (χ1n) is 7.34. The van der Waals surface area contributed by atoms with Crippen molar-refractivity contribution in [3.63, 3.8) is 0 Å². The minimum atomic E-state index is -0.254. The van der Waals surface area contributed by atoms with Crippen LogP contribution < -0.4 is 5.32 Å². The molecule has 1 amide bonds. The summed E-state index contributed by atoms with van der Waals surface area (Å²) >= 11 is 3.54. The number of benzene rings is 1. The zero-order valence-corrected chi connectivity index (χ0v) is 14.4. The van der Waals surface area contributed by atoms with Crippen LogP contribution in [-0.2, 0) is 4.79 Å². The Morgan fingerprint density at radius 3 is 2.52 bits per heavy atom. The topological polar surface area (TPSA) is 32.3 Å². The molecular formula is C16H22N2OS2. The van der Waals surface area contributed by atoms with Gasteiger partial charge in [-0.05, 0) is 50.0 Å². The summed E-state index contributed by atoms with van der Waals surface area (Å²) in [5.74, 6) is 1.27. The summed E-state index contributed by atoms with van der Waals surface area (Å²) < 4.78 is 0. The summed E-state index contributed by atoms with van der Waals surface area (Å²) in [5, 5.41) is 3.59. The summed E-state index contributed by atoms with van der Waals surface area (Å²) in [6.45, 7) is 2.15. The molecule has 0 radical (unpaired) electrons. The first kappa shape index (κ1) is 15.3. The van der Waals surface area contributed by atoms with E-state index < -0.39 is 0 Å². The van der Waals surface area contributed by atoms with Crippen LogP contribution in [0.3, 0.4) is 0 Å². The summed E-state index contributed by atoms with van der Waals surface area (Å²) in [6.07, 6.45) is 6.16. The molecule has 2 fully saturated rings. The third kappa shape index (κ3) is 2.71. The van der Waals surface area contributed by atoms with Crippen molar-refractivity contribution in [3.05, 3.63) is 29.8 Å². The third-order valence-corrected chi connectivity index (χ3v) is 5.96. The fourth-order valence-corrected chi connectivity index (χ4v) is 4.10. The van der Waals surface area contributed by atoms with Crippen LogP contribution in [0, 0.1) is 0 Å². The first-order valence-corrected chi connectivity index (χ1v) is 9.96. The SMILES string of the molecule is CSCC(C)N1C(=O)C2(CC2)NC1c1ccc(SC)cc1. The van der Waals surface area contributed by atoms with Gasteiger partial charge in [0.1, 0.15) is 11.7 Å². The maximum absolute atomic E-state index is 12.8. The monoisotopic (exact) mass is 322 g/mol. The van der Waals surface area contributed by atoms with Crippen molar-refractivity contribution in [2.24, 2.45) is 0 Å². The molecule has 0 bridgehead atoms. The first-order chi connectivity index (χ1) is 10.1. The highest BCUT2D eigenvalue weighted by atomic mass is 32.2. The lowest BCUT2D eigenvalue weighted by Gasteiger charge is -2.30. The van der Waals surface area contributed by atoms with Crippen LogP contribution >= 0.6 is 23.5 Å². The van der Waals surface area contributed by atoms with Gasteiger partial charge in [0.2, 0.25) is 5.91 Å². The van der Waals surface area contributed by atoms with Crippen molar-refractivity contribution < 1.29 is 4.79 Å². The second-order valence-corrected chi connectivity index (χ2v) is 7.71. The number of amides is 1. The van der Waals surface area contributed by atoms with Crippen molar-refractivity contribution in [1.29, 1.82) is 0 Å². The van der Waals surface area contributed by atoms with Crippen LogP contribution in [0.5, 0.6) is 0 Å². The van der Waals surface area contributed by atoms with Gasteiger partial charge in [-0.25, -0.2) is 0 Å². The van der Waals surface area contributed by atoms with Crippen molar-refractivity contribution in [3.8, 4) is 0 Å². The van der Waals surface area contributed by atoms with Crippen molar-refractivity contribution in [2.45, 2.75) is 42.4 Å². The van der Waals surface area contributed by atoms with E-state index in [1.54, 1.807) is 23.5 Å². The number of carbonyl (C=O) groups is 1. The Kier molecular flexibility index (Phi) is 4.26. The summed E-state index contributed by atoms with van der Waals surface area (Å²) in [6, 6.07) is 8.84. The van der Waals surface area contributed by atoms with Crippen LogP contribution in [0.2, 0.25) is 0 Å². The van der Waals surface area contributed by atoms with Gasteiger partial charge in [0.25, 0.3) is 0 Å². The number of hydrogen-bond acceptors (Lipinski definition) is 4. The molecule has 1 saturated heterocycles. The second kappa shape index (κ2) is 5.86. The molecular weight excluding hydrogens is 300 g/mol. The average Bonchev–Trinajstić information content (AvgIpc) is 3.21. The van der Waals surface area contributed by atoms with E-state index in [0.717, 1.165) is 18.6 Å². The quantitative estimate of drug-likeness (QED) is 0.844. The molecule has 3 rings (SSSR count). The van der Waals surface area contributed by atoms with Gasteiger partial charge in [-0.15, -0.1) is 11.8 Å². The Morgan fingerprint density at radius 1 is 1.33 bits per heavy atom. The largest absolute Gasteiger partial charge is 0.318 e. The molecule has 21 heavy (non-hydrogen) atoms. The molecule has 5 heteroatoms. The van der Waals surface area contributed by atoms with Crippen molar-refractivity contribution in [1.82, 2.24) is 10.2 Å². The molecule has 1 saturated carbocycles. The molecule has 114 valence electrons. The predicted molar refractivity (Wildman–Crippen MR) is 90.8 cm³/mol. The van der Waals surface area contributed by atoms with Gasteiger partial charge in [0.05, 0.1) is 0 Å². The molecule has 2 unspecified atom stereocenters. The van der Waals surface area contributed by atoms with Gasteiger partial charge in [0, 0.05) is 16.7 Å².